The Balaban J connectivity index is 2.24. The molecule has 2 rings (SSSR count). The standard InChI is InChI=1S/C14H12BrClFNO/c15-11-4-2-1-3-10(11)14(8-18)19-9-5-6-12(16)13(17)7-9/h1-7,14H,8,18H2. The van der Waals surface area contributed by atoms with Gasteiger partial charge >= 0.3 is 0 Å². The topological polar surface area (TPSA) is 35.2 Å². The summed E-state index contributed by atoms with van der Waals surface area (Å²) in [6.07, 6.45) is -0.351. The van der Waals surface area contributed by atoms with E-state index >= 15 is 0 Å². The van der Waals surface area contributed by atoms with Crippen molar-refractivity contribution in [2.24, 2.45) is 5.73 Å². The number of hydrogen-bond donors (Lipinski definition) is 1. The van der Waals surface area contributed by atoms with Crippen LogP contribution in [0.5, 0.6) is 5.75 Å². The Kier molecular flexibility index (Phi) is 4.80. The maximum atomic E-state index is 13.4. The lowest BCUT2D eigenvalue weighted by atomic mass is 10.1. The van der Waals surface area contributed by atoms with E-state index < -0.39 is 5.82 Å². The van der Waals surface area contributed by atoms with Gasteiger partial charge in [-0.15, -0.1) is 0 Å². The minimum absolute atomic E-state index is 0.0672. The molecule has 0 aliphatic heterocycles. The van der Waals surface area contributed by atoms with E-state index in [0.717, 1.165) is 10.0 Å². The van der Waals surface area contributed by atoms with Gasteiger partial charge in [0.1, 0.15) is 17.7 Å². The molecule has 0 heterocycles. The lowest BCUT2D eigenvalue weighted by Gasteiger charge is -2.19. The van der Waals surface area contributed by atoms with Crippen LogP contribution in [0.25, 0.3) is 0 Å². The molecule has 2 nitrogen and oxygen atoms in total. The van der Waals surface area contributed by atoms with Crippen LogP contribution >= 0.6 is 27.5 Å². The highest BCUT2D eigenvalue weighted by Gasteiger charge is 2.15. The third-order valence-electron chi connectivity index (χ3n) is 2.64. The third-order valence-corrected chi connectivity index (χ3v) is 3.66. The van der Waals surface area contributed by atoms with Crippen molar-refractivity contribution in [1.29, 1.82) is 0 Å². The van der Waals surface area contributed by atoms with Crippen LogP contribution in [0.1, 0.15) is 11.7 Å². The largest absolute Gasteiger partial charge is 0.484 e. The molecule has 2 aromatic carbocycles. The first kappa shape index (κ1) is 14.3. The Morgan fingerprint density at radius 1 is 1.26 bits per heavy atom. The summed E-state index contributed by atoms with van der Waals surface area (Å²) >= 11 is 9.08. The highest BCUT2D eigenvalue weighted by molar-refractivity contribution is 9.10. The van der Waals surface area contributed by atoms with Crippen LogP contribution in [-0.2, 0) is 0 Å². The van der Waals surface area contributed by atoms with Gasteiger partial charge in [-0.25, -0.2) is 4.39 Å². The molecule has 0 aromatic heterocycles. The fourth-order valence-electron chi connectivity index (χ4n) is 1.69. The molecule has 0 radical (unpaired) electrons. The van der Waals surface area contributed by atoms with E-state index in [-0.39, 0.29) is 17.7 Å². The zero-order valence-corrected chi connectivity index (χ0v) is 12.3. The van der Waals surface area contributed by atoms with Crippen LogP contribution in [0.3, 0.4) is 0 Å². The van der Waals surface area contributed by atoms with Gasteiger partial charge in [0.15, 0.2) is 0 Å². The third kappa shape index (κ3) is 3.47. The van der Waals surface area contributed by atoms with E-state index in [4.69, 9.17) is 22.1 Å². The molecule has 1 unspecified atom stereocenters. The fraction of sp³-hybridized carbons (Fsp3) is 0.143. The van der Waals surface area contributed by atoms with Crippen molar-refractivity contribution in [2.75, 3.05) is 6.54 Å². The summed E-state index contributed by atoms with van der Waals surface area (Å²) in [4.78, 5) is 0. The van der Waals surface area contributed by atoms with E-state index in [0.29, 0.717) is 5.75 Å². The molecule has 0 amide bonds. The zero-order chi connectivity index (χ0) is 13.8. The van der Waals surface area contributed by atoms with Gasteiger partial charge in [0.2, 0.25) is 0 Å². The summed E-state index contributed by atoms with van der Waals surface area (Å²) in [7, 11) is 0. The lowest BCUT2D eigenvalue weighted by Crippen LogP contribution is -2.19. The van der Waals surface area contributed by atoms with Crippen molar-refractivity contribution in [3.63, 3.8) is 0 Å². The van der Waals surface area contributed by atoms with Crippen molar-refractivity contribution < 1.29 is 9.13 Å². The average Bonchev–Trinajstić information content (AvgIpc) is 2.41. The van der Waals surface area contributed by atoms with Gasteiger partial charge in [-0.05, 0) is 18.2 Å². The molecular formula is C14H12BrClFNO. The predicted molar refractivity (Wildman–Crippen MR) is 78.0 cm³/mol. The highest BCUT2D eigenvalue weighted by Crippen LogP contribution is 2.28. The summed E-state index contributed by atoms with van der Waals surface area (Å²) in [5.74, 6) is -0.116. The Labute approximate surface area is 124 Å². The van der Waals surface area contributed by atoms with Crippen molar-refractivity contribution >= 4 is 27.5 Å². The number of nitrogens with two attached hydrogens (primary N) is 1. The Hall–Kier alpha value is -1.10. The van der Waals surface area contributed by atoms with Gasteiger partial charge in [-0.3, -0.25) is 0 Å². The SMILES string of the molecule is NCC(Oc1ccc(Cl)c(F)c1)c1ccccc1Br. The fourth-order valence-corrected chi connectivity index (χ4v) is 2.35. The lowest BCUT2D eigenvalue weighted by molar-refractivity contribution is 0.212. The molecule has 5 heteroatoms. The van der Waals surface area contributed by atoms with Gasteiger partial charge in [-0.1, -0.05) is 45.7 Å². The van der Waals surface area contributed by atoms with Crippen LogP contribution in [0.15, 0.2) is 46.9 Å². The number of ether oxygens (including phenoxy) is 1. The summed E-state index contributed by atoms with van der Waals surface area (Å²) in [6.45, 7) is 0.285. The van der Waals surface area contributed by atoms with Crippen LogP contribution < -0.4 is 10.5 Å². The molecule has 19 heavy (non-hydrogen) atoms. The first-order valence-corrected chi connectivity index (χ1v) is 6.85. The predicted octanol–water partition coefficient (Wildman–Crippen LogP) is 4.32. The quantitative estimate of drug-likeness (QED) is 0.896. The Bertz CT molecular complexity index is 579. The van der Waals surface area contributed by atoms with Crippen molar-refractivity contribution in [1.82, 2.24) is 0 Å². The Morgan fingerprint density at radius 2 is 2.00 bits per heavy atom. The first-order valence-electron chi connectivity index (χ1n) is 5.68. The Morgan fingerprint density at radius 3 is 2.63 bits per heavy atom. The number of benzene rings is 2. The van der Waals surface area contributed by atoms with Gasteiger partial charge in [0.05, 0.1) is 5.02 Å². The van der Waals surface area contributed by atoms with Crippen molar-refractivity contribution in [2.45, 2.75) is 6.10 Å². The van der Waals surface area contributed by atoms with E-state index in [2.05, 4.69) is 15.9 Å². The molecule has 2 N–H and O–H groups in total. The molecular weight excluding hydrogens is 333 g/mol. The summed E-state index contributed by atoms with van der Waals surface area (Å²) in [5, 5.41) is 0.0672. The van der Waals surface area contributed by atoms with E-state index in [1.54, 1.807) is 6.07 Å². The molecule has 0 bridgehead atoms. The van der Waals surface area contributed by atoms with Gasteiger partial charge < -0.3 is 10.5 Å². The van der Waals surface area contributed by atoms with Crippen LogP contribution in [0.4, 0.5) is 4.39 Å². The number of hydrogen-bond acceptors (Lipinski definition) is 2. The minimum atomic E-state index is -0.512. The summed E-state index contributed by atoms with van der Waals surface area (Å²) in [6, 6.07) is 11.9. The molecule has 0 aliphatic rings. The maximum Gasteiger partial charge on any atom is 0.145 e. The minimum Gasteiger partial charge on any atom is -0.484 e. The maximum absolute atomic E-state index is 13.4. The van der Waals surface area contributed by atoms with Crippen LogP contribution in [-0.4, -0.2) is 6.54 Å². The zero-order valence-electron chi connectivity index (χ0n) is 9.95. The number of rotatable bonds is 4. The average molecular weight is 345 g/mol. The van der Waals surface area contributed by atoms with E-state index in [1.807, 2.05) is 24.3 Å². The molecule has 1 atom stereocenters. The van der Waals surface area contributed by atoms with E-state index in [1.165, 1.54) is 12.1 Å². The van der Waals surface area contributed by atoms with Crippen LogP contribution in [0.2, 0.25) is 5.02 Å². The van der Waals surface area contributed by atoms with Gasteiger partial charge in [0.25, 0.3) is 0 Å². The van der Waals surface area contributed by atoms with E-state index in [9.17, 15) is 4.39 Å². The first-order chi connectivity index (χ1) is 9.11. The van der Waals surface area contributed by atoms with Gasteiger partial charge in [-0.2, -0.15) is 0 Å². The number of halogens is 3. The second kappa shape index (κ2) is 6.37. The molecule has 2 aromatic rings. The monoisotopic (exact) mass is 343 g/mol. The smallest absolute Gasteiger partial charge is 0.145 e. The second-order valence-corrected chi connectivity index (χ2v) is 5.20. The molecule has 0 saturated heterocycles. The normalized spacial score (nSPS) is 12.2. The van der Waals surface area contributed by atoms with Gasteiger partial charge in [0, 0.05) is 22.6 Å². The molecule has 0 aliphatic carbocycles. The second-order valence-electron chi connectivity index (χ2n) is 3.94. The van der Waals surface area contributed by atoms with Crippen molar-refractivity contribution in [3.8, 4) is 5.75 Å². The molecule has 0 spiro atoms. The summed E-state index contributed by atoms with van der Waals surface area (Å²) < 4.78 is 20.0. The van der Waals surface area contributed by atoms with Crippen LogP contribution in [0, 0.1) is 5.82 Å². The molecule has 0 fully saturated rings. The summed E-state index contributed by atoms with van der Waals surface area (Å²) in [5.41, 5.74) is 6.64. The van der Waals surface area contributed by atoms with Crippen molar-refractivity contribution in [3.05, 3.63) is 63.3 Å². The molecule has 100 valence electrons. The molecule has 0 saturated carbocycles. The highest BCUT2D eigenvalue weighted by atomic mass is 79.9.